The van der Waals surface area contributed by atoms with Gasteiger partial charge in [0.05, 0.1) is 5.57 Å². The summed E-state index contributed by atoms with van der Waals surface area (Å²) in [5, 5.41) is 10.2. The third-order valence-electron chi connectivity index (χ3n) is 6.94. The van der Waals surface area contributed by atoms with Crippen molar-refractivity contribution in [2.45, 2.75) is 19.3 Å². The van der Waals surface area contributed by atoms with Gasteiger partial charge in [-0.1, -0.05) is 26.0 Å². The summed E-state index contributed by atoms with van der Waals surface area (Å²) < 4.78 is 1.93. The summed E-state index contributed by atoms with van der Waals surface area (Å²) in [6.07, 6.45) is 5.72. The molecule has 2 aromatic rings. The highest BCUT2D eigenvalue weighted by Gasteiger charge is 2.37. The number of hydrogen-bond acceptors (Lipinski definition) is 3. The number of rotatable bonds is 3. The lowest BCUT2D eigenvalue weighted by Gasteiger charge is -2.39. The first kappa shape index (κ1) is 23.6. The number of hydrogen-bond donors (Lipinski definition) is 1. The van der Waals surface area contributed by atoms with Crippen LogP contribution in [0.4, 0.5) is 11.4 Å². The Labute approximate surface area is 202 Å². The van der Waals surface area contributed by atoms with E-state index in [0.29, 0.717) is 5.57 Å². The Morgan fingerprint density at radius 3 is 1.76 bits per heavy atom. The Morgan fingerprint density at radius 1 is 0.853 bits per heavy atom. The van der Waals surface area contributed by atoms with Crippen LogP contribution in [0.1, 0.15) is 36.1 Å². The second-order valence-electron chi connectivity index (χ2n) is 10.2. The third-order valence-corrected chi connectivity index (χ3v) is 6.94. The molecule has 0 heterocycles. The van der Waals surface area contributed by atoms with Crippen molar-refractivity contribution in [2.75, 3.05) is 52.1 Å². The molecule has 0 fully saturated rings. The lowest BCUT2D eigenvalue weighted by Crippen LogP contribution is -2.29. The number of benzene rings is 2. The van der Waals surface area contributed by atoms with Crippen LogP contribution in [-0.2, 0) is 10.2 Å². The third kappa shape index (κ3) is 3.75. The summed E-state index contributed by atoms with van der Waals surface area (Å²) in [7, 11) is 12.0. The molecule has 0 atom stereocenters. The van der Waals surface area contributed by atoms with E-state index >= 15 is 0 Å². The summed E-state index contributed by atoms with van der Waals surface area (Å²) in [5.41, 5.74) is 9.46. The van der Waals surface area contributed by atoms with Crippen molar-refractivity contribution in [2.24, 2.45) is 0 Å². The maximum absolute atomic E-state index is 12.4. The van der Waals surface area contributed by atoms with Gasteiger partial charge in [-0.2, -0.15) is 0 Å². The van der Waals surface area contributed by atoms with Crippen LogP contribution >= 0.6 is 0 Å². The molecule has 0 amide bonds. The van der Waals surface area contributed by atoms with Crippen molar-refractivity contribution in [3.63, 3.8) is 0 Å². The molecular formula is C29H34N3O2+. The van der Waals surface area contributed by atoms with Gasteiger partial charge in [-0.15, -0.1) is 0 Å². The first-order valence-electron chi connectivity index (χ1n) is 11.5. The van der Waals surface area contributed by atoms with Gasteiger partial charge in [0.1, 0.15) is 14.1 Å². The highest BCUT2D eigenvalue weighted by Crippen LogP contribution is 2.50. The number of carboxylic acid groups (broad SMARTS) is 1. The van der Waals surface area contributed by atoms with Crippen LogP contribution in [0, 0.1) is 0 Å². The summed E-state index contributed by atoms with van der Waals surface area (Å²) in [6, 6.07) is 13.0. The van der Waals surface area contributed by atoms with Crippen LogP contribution in [0.5, 0.6) is 0 Å². The molecule has 0 radical (unpaired) electrons. The van der Waals surface area contributed by atoms with E-state index < -0.39 is 5.97 Å². The van der Waals surface area contributed by atoms with Crippen LogP contribution in [0.25, 0.3) is 5.57 Å². The van der Waals surface area contributed by atoms with Gasteiger partial charge < -0.3 is 14.9 Å². The molecule has 0 aromatic heterocycles. The number of aliphatic carboxylic acids is 1. The molecule has 2 aromatic carbocycles. The first-order chi connectivity index (χ1) is 15.9. The molecule has 0 bridgehead atoms. The van der Waals surface area contributed by atoms with Gasteiger partial charge in [0.25, 0.3) is 0 Å². The molecule has 0 saturated heterocycles. The highest BCUT2D eigenvalue weighted by atomic mass is 16.4. The van der Waals surface area contributed by atoms with E-state index in [0.717, 1.165) is 39.4 Å². The fourth-order valence-corrected chi connectivity index (χ4v) is 4.88. The van der Waals surface area contributed by atoms with E-state index in [-0.39, 0.29) is 5.41 Å². The molecule has 0 spiro atoms. The minimum Gasteiger partial charge on any atom is -0.478 e. The molecule has 5 heteroatoms. The number of anilines is 2. The molecule has 2 aliphatic rings. The first-order valence-corrected chi connectivity index (χ1v) is 11.5. The highest BCUT2D eigenvalue weighted by molar-refractivity contribution is 6.13. The predicted molar refractivity (Wildman–Crippen MR) is 142 cm³/mol. The van der Waals surface area contributed by atoms with E-state index in [4.69, 9.17) is 0 Å². The van der Waals surface area contributed by atoms with Crippen molar-refractivity contribution >= 4 is 28.6 Å². The van der Waals surface area contributed by atoms with Crippen molar-refractivity contribution < 1.29 is 14.5 Å². The Kier molecular flexibility index (Phi) is 5.76. The lowest BCUT2D eigenvalue weighted by atomic mass is 9.65. The van der Waals surface area contributed by atoms with E-state index in [1.165, 1.54) is 11.1 Å². The van der Waals surface area contributed by atoms with Crippen LogP contribution in [0.2, 0.25) is 0 Å². The normalized spacial score (nSPS) is 16.0. The van der Waals surface area contributed by atoms with Gasteiger partial charge in [0.2, 0.25) is 0 Å². The van der Waals surface area contributed by atoms with Crippen molar-refractivity contribution in [3.05, 3.63) is 88.0 Å². The van der Waals surface area contributed by atoms with Crippen molar-refractivity contribution in [1.29, 1.82) is 0 Å². The lowest BCUT2D eigenvalue weighted by molar-refractivity contribution is -0.462. The molecule has 1 N–H and O–H groups in total. The van der Waals surface area contributed by atoms with E-state index in [2.05, 4.69) is 60.0 Å². The molecule has 34 heavy (non-hydrogen) atoms. The zero-order chi connectivity index (χ0) is 24.9. The van der Waals surface area contributed by atoms with Crippen LogP contribution in [0.15, 0.2) is 65.8 Å². The monoisotopic (exact) mass is 456 g/mol. The average Bonchev–Trinajstić information content (AvgIpc) is 2.78. The minimum atomic E-state index is -0.922. The molecule has 176 valence electrons. The quantitative estimate of drug-likeness (QED) is 0.688. The number of fused-ring (bicyclic) bond motifs is 2. The largest absolute Gasteiger partial charge is 0.478 e. The zero-order valence-corrected chi connectivity index (χ0v) is 21.4. The van der Waals surface area contributed by atoms with E-state index in [1.807, 2.05) is 59.0 Å². The van der Waals surface area contributed by atoms with Gasteiger partial charge in [-0.25, -0.2) is 9.37 Å². The Hall–Kier alpha value is -3.60. The smallest absolute Gasteiger partial charge is 0.336 e. The Morgan fingerprint density at radius 2 is 1.35 bits per heavy atom. The second kappa shape index (κ2) is 8.32. The summed E-state index contributed by atoms with van der Waals surface area (Å²) in [4.78, 5) is 16.6. The second-order valence-corrected chi connectivity index (χ2v) is 10.2. The predicted octanol–water partition coefficient (Wildman–Crippen LogP) is 4.55. The summed E-state index contributed by atoms with van der Waals surface area (Å²) in [6.45, 7) is 4.52. The van der Waals surface area contributed by atoms with Crippen LogP contribution < -0.4 is 9.80 Å². The minimum absolute atomic E-state index is 0.251. The maximum Gasteiger partial charge on any atom is 0.336 e. The number of allylic oxidation sites excluding steroid dienone is 3. The zero-order valence-electron chi connectivity index (χ0n) is 21.4. The van der Waals surface area contributed by atoms with Gasteiger partial charge in [0.15, 0.2) is 5.71 Å². The molecule has 2 aliphatic carbocycles. The van der Waals surface area contributed by atoms with Gasteiger partial charge in [-0.05, 0) is 63.7 Å². The Bertz CT molecular complexity index is 1250. The molecule has 4 rings (SSSR count). The molecule has 0 saturated carbocycles. The summed E-state index contributed by atoms with van der Waals surface area (Å²) >= 11 is 0. The van der Waals surface area contributed by atoms with Crippen molar-refractivity contribution in [3.8, 4) is 0 Å². The fourth-order valence-electron chi connectivity index (χ4n) is 4.88. The molecule has 5 nitrogen and oxygen atoms in total. The van der Waals surface area contributed by atoms with Crippen LogP contribution in [-0.4, -0.2) is 63.6 Å². The fraction of sp³-hybridized carbons (Fsp3) is 0.310. The Balaban J connectivity index is 2.13. The number of nitrogens with zero attached hydrogens (tertiary/aromatic N) is 3. The van der Waals surface area contributed by atoms with Gasteiger partial charge in [0, 0.05) is 57.1 Å². The molecular weight excluding hydrogens is 422 g/mol. The number of carboxylic acids is 1. The van der Waals surface area contributed by atoms with Crippen LogP contribution in [0.3, 0.4) is 0 Å². The summed E-state index contributed by atoms with van der Waals surface area (Å²) in [5.74, 6) is -0.922. The SMILES string of the molecule is CN(C)c1ccc2c(c1)C(C)(C)c1cc(N(C)C)ccc1C2=C1C=CC(=[N+](C)C)C=C1C(=O)O. The van der Waals surface area contributed by atoms with Crippen molar-refractivity contribution in [1.82, 2.24) is 0 Å². The topological polar surface area (TPSA) is 46.8 Å². The number of carbonyl (C=O) groups is 1. The van der Waals surface area contributed by atoms with E-state index in [9.17, 15) is 9.90 Å². The molecule has 0 unspecified atom stereocenters. The van der Waals surface area contributed by atoms with Gasteiger partial charge in [-0.3, -0.25) is 0 Å². The average molecular weight is 457 g/mol. The maximum atomic E-state index is 12.4. The molecule has 0 aliphatic heterocycles. The van der Waals surface area contributed by atoms with E-state index in [1.54, 1.807) is 6.08 Å². The van der Waals surface area contributed by atoms with Gasteiger partial charge >= 0.3 is 5.97 Å². The standard InChI is InChI=1S/C29H33N3O2/c1-29(2)25-16-19(31(5)6)10-13-22(25)27(23-14-11-20(32(7)8)17-26(23)29)21-12-9-18(30(3)4)15-24(21)28(33)34/h9-17H,1-8H3/p+1.